The van der Waals surface area contributed by atoms with E-state index in [1.54, 1.807) is 4.31 Å². The molecular weight excluding hydrogens is 468 g/mol. The largest absolute Gasteiger partial charge is 0.312 e. The predicted octanol–water partition coefficient (Wildman–Crippen LogP) is 4.59. The van der Waals surface area contributed by atoms with Gasteiger partial charge in [0.2, 0.25) is 10.0 Å². The molecule has 1 aromatic carbocycles. The number of nitrogens with one attached hydrogen (secondary N) is 2. The molecule has 9 heteroatoms. The lowest BCUT2D eigenvalue weighted by atomic mass is 9.81. The molecule has 0 spiro atoms. The quantitative estimate of drug-likeness (QED) is 0.639. The van der Waals surface area contributed by atoms with E-state index in [0.717, 1.165) is 29.7 Å². The van der Waals surface area contributed by atoms with Crippen molar-refractivity contribution in [3.8, 4) is 6.07 Å². The molecule has 7 nitrogen and oxygen atoms in total. The average molecular weight is 501 g/mol. The number of thiophene rings is 1. The number of hydrogen-bond acceptors (Lipinski definition) is 6. The second-order valence-electron chi connectivity index (χ2n) is 10.5. The number of sulfonamides is 1. The summed E-state index contributed by atoms with van der Waals surface area (Å²) in [6.07, 6.45) is 3.45. The first-order valence-corrected chi connectivity index (χ1v) is 13.9. The van der Waals surface area contributed by atoms with E-state index < -0.39 is 10.0 Å². The van der Waals surface area contributed by atoms with Gasteiger partial charge in [0, 0.05) is 34.1 Å². The summed E-state index contributed by atoms with van der Waals surface area (Å²) in [4.78, 5) is 14.3. The molecule has 4 rings (SSSR count). The minimum atomic E-state index is -3.60. The molecule has 0 saturated carbocycles. The van der Waals surface area contributed by atoms with Crippen LogP contribution in [0.4, 0.5) is 5.00 Å². The summed E-state index contributed by atoms with van der Waals surface area (Å²) in [7, 11) is -3.60. The summed E-state index contributed by atoms with van der Waals surface area (Å²) in [5.41, 5.74) is 1.34. The fourth-order valence-electron chi connectivity index (χ4n) is 5.25. The third-order valence-electron chi connectivity index (χ3n) is 6.65. The van der Waals surface area contributed by atoms with Crippen molar-refractivity contribution in [3.05, 3.63) is 45.8 Å². The Bertz CT molecular complexity index is 1250. The third-order valence-corrected chi connectivity index (χ3v) is 10.1. The van der Waals surface area contributed by atoms with E-state index in [1.807, 2.05) is 6.92 Å². The Kier molecular flexibility index (Phi) is 6.40. The molecule has 0 aliphatic carbocycles. The standard InChI is InChI=1S/C25H32N4O3S2/c1-16-8-6-7-13-29(16)34(31,32)18-11-9-17(10-12-18)22(30)27-23-20(15-26)19-14-24(2,3)28-25(4,5)21(19)33-23/h9-12,16,28H,6-8,13-14H2,1-5H3,(H,27,30). The minimum absolute atomic E-state index is 0.0280. The SMILES string of the molecule is CC1CCCCN1S(=O)(=O)c1ccc(C(=O)Nc2sc3c(c2C#N)CC(C)(C)NC3(C)C)cc1. The second kappa shape index (κ2) is 8.76. The van der Waals surface area contributed by atoms with Crippen LogP contribution in [0, 0.1) is 11.3 Å². The van der Waals surface area contributed by atoms with E-state index in [-0.39, 0.29) is 27.9 Å². The summed E-state index contributed by atoms with van der Waals surface area (Å²) in [6.45, 7) is 10.8. The molecule has 34 heavy (non-hydrogen) atoms. The molecule has 1 amide bonds. The first kappa shape index (κ1) is 24.9. The van der Waals surface area contributed by atoms with Crippen LogP contribution >= 0.6 is 11.3 Å². The number of nitrogens with zero attached hydrogens (tertiary/aromatic N) is 2. The molecule has 0 radical (unpaired) electrons. The van der Waals surface area contributed by atoms with Gasteiger partial charge in [-0.05, 0) is 83.7 Å². The maximum absolute atomic E-state index is 13.1. The monoisotopic (exact) mass is 500 g/mol. The highest BCUT2D eigenvalue weighted by molar-refractivity contribution is 7.89. The van der Waals surface area contributed by atoms with Crippen LogP contribution in [0.5, 0.6) is 0 Å². The van der Waals surface area contributed by atoms with Gasteiger partial charge >= 0.3 is 0 Å². The van der Waals surface area contributed by atoms with Crippen LogP contribution in [-0.2, 0) is 22.0 Å². The Morgan fingerprint density at radius 1 is 1.21 bits per heavy atom. The van der Waals surface area contributed by atoms with Crippen LogP contribution in [-0.4, -0.2) is 36.8 Å². The zero-order valence-electron chi connectivity index (χ0n) is 20.4. The summed E-state index contributed by atoms with van der Waals surface area (Å²) < 4.78 is 27.7. The third kappa shape index (κ3) is 4.52. The highest BCUT2D eigenvalue weighted by Crippen LogP contribution is 2.44. The number of benzene rings is 1. The number of piperidine rings is 1. The van der Waals surface area contributed by atoms with Gasteiger partial charge in [-0.3, -0.25) is 4.79 Å². The van der Waals surface area contributed by atoms with Gasteiger partial charge < -0.3 is 10.6 Å². The van der Waals surface area contributed by atoms with Gasteiger partial charge in [0.1, 0.15) is 11.1 Å². The van der Waals surface area contributed by atoms with Crippen molar-refractivity contribution >= 4 is 32.3 Å². The molecule has 1 aromatic heterocycles. The van der Waals surface area contributed by atoms with Crippen molar-refractivity contribution in [3.63, 3.8) is 0 Å². The van der Waals surface area contributed by atoms with E-state index in [9.17, 15) is 18.5 Å². The maximum atomic E-state index is 13.1. The van der Waals surface area contributed by atoms with E-state index in [2.05, 4.69) is 44.4 Å². The van der Waals surface area contributed by atoms with Crippen LogP contribution in [0.2, 0.25) is 0 Å². The van der Waals surface area contributed by atoms with Gasteiger partial charge in [-0.15, -0.1) is 11.3 Å². The van der Waals surface area contributed by atoms with Crippen LogP contribution in [0.3, 0.4) is 0 Å². The molecular formula is C25H32N4O3S2. The topological polar surface area (TPSA) is 102 Å². The Labute approximate surface area is 206 Å². The average Bonchev–Trinajstić information content (AvgIpc) is 3.10. The molecule has 1 fully saturated rings. The Morgan fingerprint density at radius 2 is 1.88 bits per heavy atom. The van der Waals surface area contributed by atoms with Crippen LogP contribution in [0.15, 0.2) is 29.2 Å². The van der Waals surface area contributed by atoms with Gasteiger partial charge in [0.15, 0.2) is 0 Å². The summed E-state index contributed by atoms with van der Waals surface area (Å²) in [5, 5.41) is 16.9. The van der Waals surface area contributed by atoms with E-state index in [0.29, 0.717) is 29.1 Å². The van der Waals surface area contributed by atoms with Crippen molar-refractivity contribution in [2.24, 2.45) is 0 Å². The first-order chi connectivity index (χ1) is 15.9. The Balaban J connectivity index is 1.58. The highest BCUT2D eigenvalue weighted by atomic mass is 32.2. The van der Waals surface area contributed by atoms with Crippen molar-refractivity contribution in [2.75, 3.05) is 11.9 Å². The van der Waals surface area contributed by atoms with Gasteiger partial charge in [-0.1, -0.05) is 6.42 Å². The predicted molar refractivity (Wildman–Crippen MR) is 135 cm³/mol. The van der Waals surface area contributed by atoms with Crippen molar-refractivity contribution in [2.45, 2.75) is 82.3 Å². The van der Waals surface area contributed by atoms with Gasteiger partial charge in [0.25, 0.3) is 5.91 Å². The molecule has 1 saturated heterocycles. The fourth-order valence-corrected chi connectivity index (χ4v) is 8.17. The van der Waals surface area contributed by atoms with Crippen molar-refractivity contribution in [1.29, 1.82) is 5.26 Å². The number of rotatable bonds is 4. The summed E-state index contributed by atoms with van der Waals surface area (Å²) >= 11 is 1.42. The van der Waals surface area contributed by atoms with E-state index in [1.165, 1.54) is 35.6 Å². The highest BCUT2D eigenvalue weighted by Gasteiger charge is 2.40. The zero-order chi connectivity index (χ0) is 24.9. The molecule has 1 unspecified atom stereocenters. The number of hydrogen-bond donors (Lipinski definition) is 2. The number of amides is 1. The van der Waals surface area contributed by atoms with Crippen LogP contribution in [0.25, 0.3) is 0 Å². The van der Waals surface area contributed by atoms with Crippen LogP contribution in [0.1, 0.15) is 80.2 Å². The Morgan fingerprint density at radius 3 is 2.50 bits per heavy atom. The van der Waals surface area contributed by atoms with Crippen LogP contribution < -0.4 is 10.6 Å². The maximum Gasteiger partial charge on any atom is 0.256 e. The fraction of sp³-hybridized carbons (Fsp3) is 0.520. The normalized spacial score (nSPS) is 21.9. The zero-order valence-corrected chi connectivity index (χ0v) is 22.0. The van der Waals surface area contributed by atoms with Gasteiger partial charge in [0.05, 0.1) is 10.5 Å². The minimum Gasteiger partial charge on any atom is -0.312 e. The molecule has 2 aliphatic rings. The smallest absolute Gasteiger partial charge is 0.256 e. The number of carbonyl (C=O) groups excluding carboxylic acids is 1. The lowest BCUT2D eigenvalue weighted by Gasteiger charge is -2.42. The second-order valence-corrected chi connectivity index (χ2v) is 13.4. The van der Waals surface area contributed by atoms with Crippen molar-refractivity contribution in [1.82, 2.24) is 9.62 Å². The molecule has 1 atom stereocenters. The molecule has 2 aromatic rings. The Hall–Kier alpha value is -2.25. The van der Waals surface area contributed by atoms with E-state index >= 15 is 0 Å². The molecule has 182 valence electrons. The van der Waals surface area contributed by atoms with Crippen molar-refractivity contribution < 1.29 is 13.2 Å². The van der Waals surface area contributed by atoms with E-state index in [4.69, 9.17) is 0 Å². The lowest BCUT2D eigenvalue weighted by Crippen LogP contribution is -2.54. The summed E-state index contributed by atoms with van der Waals surface area (Å²) in [6, 6.07) is 8.31. The number of anilines is 1. The number of nitriles is 1. The first-order valence-electron chi connectivity index (χ1n) is 11.6. The molecule has 3 heterocycles. The molecule has 0 bridgehead atoms. The lowest BCUT2D eigenvalue weighted by molar-refractivity contribution is 0.102. The van der Waals surface area contributed by atoms with Gasteiger partial charge in [-0.2, -0.15) is 9.57 Å². The van der Waals surface area contributed by atoms with Gasteiger partial charge in [-0.25, -0.2) is 8.42 Å². The number of carbonyl (C=O) groups is 1. The molecule has 2 N–H and O–H groups in total. The molecule has 2 aliphatic heterocycles. The summed E-state index contributed by atoms with van der Waals surface area (Å²) in [5.74, 6) is -0.365. The number of fused-ring (bicyclic) bond motifs is 1.